The average Bonchev–Trinajstić information content (AvgIpc) is 3.11. The summed E-state index contributed by atoms with van der Waals surface area (Å²) >= 11 is 3.34. The number of amides is 1. The summed E-state index contributed by atoms with van der Waals surface area (Å²) in [7, 11) is 0. The zero-order valence-corrected chi connectivity index (χ0v) is 16.6. The van der Waals surface area contributed by atoms with Crippen molar-refractivity contribution in [3.8, 4) is 0 Å². The van der Waals surface area contributed by atoms with Crippen LogP contribution in [0.5, 0.6) is 0 Å². The molecule has 1 aromatic heterocycles. The second-order valence-electron chi connectivity index (χ2n) is 7.25. The predicted octanol–water partition coefficient (Wildman–Crippen LogP) is 4.93. The highest BCUT2D eigenvalue weighted by atomic mass is 79.9. The monoisotopic (exact) mass is 456 g/mol. The number of fused-ring (bicyclic) bond motifs is 1. The Hall–Kier alpha value is -2.03. The number of piperidine rings is 1. The van der Waals surface area contributed by atoms with Gasteiger partial charge in [-0.25, -0.2) is 4.68 Å². The number of anilines is 1. The van der Waals surface area contributed by atoms with Crippen molar-refractivity contribution in [2.45, 2.75) is 43.9 Å². The first-order valence-corrected chi connectivity index (χ1v) is 10.1. The molecule has 2 atom stereocenters. The summed E-state index contributed by atoms with van der Waals surface area (Å²) in [5, 5.41) is 7.08. The summed E-state index contributed by atoms with van der Waals surface area (Å²) in [6, 6.07) is 4.83. The maximum absolute atomic E-state index is 13.7. The van der Waals surface area contributed by atoms with Crippen molar-refractivity contribution in [2.24, 2.45) is 0 Å². The molecule has 0 aliphatic carbocycles. The minimum atomic E-state index is -4.46. The molecule has 3 heterocycles. The van der Waals surface area contributed by atoms with Gasteiger partial charge in [0.05, 0.1) is 12.2 Å². The molecule has 4 rings (SSSR count). The second-order valence-corrected chi connectivity index (χ2v) is 8.16. The normalized spacial score (nSPS) is 22.5. The number of hydrogen-bond acceptors (Lipinski definition) is 3. The molecule has 0 bridgehead atoms. The van der Waals surface area contributed by atoms with E-state index < -0.39 is 18.3 Å². The highest BCUT2D eigenvalue weighted by Gasteiger charge is 2.47. The summed E-state index contributed by atoms with van der Waals surface area (Å²) in [6.45, 7) is 1.25. The lowest BCUT2D eigenvalue weighted by Crippen LogP contribution is -2.38. The van der Waals surface area contributed by atoms with Gasteiger partial charge in [0, 0.05) is 24.0 Å². The quantitative estimate of drug-likeness (QED) is 0.696. The number of rotatable bonds is 2. The average molecular weight is 457 g/mol. The Kier molecular flexibility index (Phi) is 5.11. The van der Waals surface area contributed by atoms with Gasteiger partial charge in [0.2, 0.25) is 0 Å². The molecule has 1 N–H and O–H groups in total. The van der Waals surface area contributed by atoms with E-state index in [1.165, 1.54) is 6.20 Å². The molecule has 1 aromatic carbocycles. The molecule has 2 aliphatic rings. The Morgan fingerprint density at radius 2 is 1.82 bits per heavy atom. The van der Waals surface area contributed by atoms with Crippen LogP contribution in [-0.4, -0.2) is 39.9 Å². The molecular weight excluding hydrogens is 437 g/mol. The third-order valence-corrected chi connectivity index (χ3v) is 5.91. The van der Waals surface area contributed by atoms with E-state index in [4.69, 9.17) is 0 Å². The molecule has 0 saturated carbocycles. The van der Waals surface area contributed by atoms with E-state index in [0.717, 1.165) is 34.0 Å². The first-order valence-electron chi connectivity index (χ1n) is 9.30. The predicted molar refractivity (Wildman–Crippen MR) is 102 cm³/mol. The topological polar surface area (TPSA) is 50.2 Å². The minimum Gasteiger partial charge on any atom is -0.363 e. The first kappa shape index (κ1) is 19.3. The van der Waals surface area contributed by atoms with Gasteiger partial charge >= 0.3 is 6.18 Å². The van der Waals surface area contributed by atoms with Crippen molar-refractivity contribution in [2.75, 3.05) is 18.4 Å². The Bertz CT molecular complexity index is 859. The van der Waals surface area contributed by atoms with Gasteiger partial charge in [0.1, 0.15) is 11.4 Å². The standard InChI is InChI=1S/C19H20BrF3N4O/c20-13-6-4-12(5-7-13)15-10-16(19(21,22)23)27-17(25-15)14(11-24-27)18(28)26-8-2-1-3-9-26/h4-7,11,15-16,25H,1-3,8-10H2/t15-,16-/m1/s1. The fraction of sp³-hybridized carbons (Fsp3) is 0.474. The van der Waals surface area contributed by atoms with Crippen molar-refractivity contribution < 1.29 is 18.0 Å². The minimum absolute atomic E-state index is 0.150. The third kappa shape index (κ3) is 3.64. The highest BCUT2D eigenvalue weighted by Crippen LogP contribution is 2.44. The van der Waals surface area contributed by atoms with Crippen LogP contribution in [0, 0.1) is 0 Å². The molecule has 0 unspecified atom stereocenters. The van der Waals surface area contributed by atoms with Crippen LogP contribution in [0.4, 0.5) is 19.0 Å². The molecule has 150 valence electrons. The van der Waals surface area contributed by atoms with E-state index in [-0.39, 0.29) is 23.7 Å². The largest absolute Gasteiger partial charge is 0.410 e. The van der Waals surface area contributed by atoms with Gasteiger partial charge < -0.3 is 10.2 Å². The third-order valence-electron chi connectivity index (χ3n) is 5.38. The Morgan fingerprint density at radius 3 is 2.46 bits per heavy atom. The van der Waals surface area contributed by atoms with E-state index in [9.17, 15) is 18.0 Å². The highest BCUT2D eigenvalue weighted by molar-refractivity contribution is 9.10. The lowest BCUT2D eigenvalue weighted by atomic mass is 9.96. The van der Waals surface area contributed by atoms with Crippen molar-refractivity contribution >= 4 is 27.7 Å². The zero-order valence-electron chi connectivity index (χ0n) is 15.0. The van der Waals surface area contributed by atoms with E-state index in [2.05, 4.69) is 26.3 Å². The molecule has 1 amide bonds. The van der Waals surface area contributed by atoms with Crippen LogP contribution < -0.4 is 5.32 Å². The molecule has 2 aliphatic heterocycles. The van der Waals surface area contributed by atoms with Crippen molar-refractivity contribution in [1.82, 2.24) is 14.7 Å². The number of likely N-dealkylation sites (tertiary alicyclic amines) is 1. The number of nitrogens with zero attached hydrogens (tertiary/aromatic N) is 3. The molecule has 28 heavy (non-hydrogen) atoms. The van der Waals surface area contributed by atoms with Crippen LogP contribution in [0.2, 0.25) is 0 Å². The molecule has 2 aromatic rings. The molecule has 0 radical (unpaired) electrons. The SMILES string of the molecule is O=C(c1cnn2c1N[C@@H](c1ccc(Br)cc1)C[C@@H]2C(F)(F)F)N1CCCCC1. The van der Waals surface area contributed by atoms with Crippen molar-refractivity contribution in [1.29, 1.82) is 0 Å². The van der Waals surface area contributed by atoms with Crippen LogP contribution in [0.3, 0.4) is 0 Å². The van der Waals surface area contributed by atoms with Crippen LogP contribution >= 0.6 is 15.9 Å². The number of alkyl halides is 3. The van der Waals surface area contributed by atoms with Crippen molar-refractivity contribution in [3.05, 3.63) is 46.1 Å². The molecule has 0 spiro atoms. The van der Waals surface area contributed by atoms with Gasteiger partial charge in [0.25, 0.3) is 5.91 Å². The maximum Gasteiger partial charge on any atom is 0.410 e. The maximum atomic E-state index is 13.7. The van der Waals surface area contributed by atoms with Crippen LogP contribution in [0.15, 0.2) is 34.9 Å². The summed E-state index contributed by atoms with van der Waals surface area (Å²) in [4.78, 5) is 14.6. The number of halogens is 4. The van der Waals surface area contributed by atoms with E-state index in [1.54, 1.807) is 29.2 Å². The van der Waals surface area contributed by atoms with Gasteiger partial charge in [0.15, 0.2) is 6.04 Å². The lowest BCUT2D eigenvalue weighted by Gasteiger charge is -2.34. The summed E-state index contributed by atoms with van der Waals surface area (Å²) in [5.74, 6) is -0.108. The summed E-state index contributed by atoms with van der Waals surface area (Å²) in [5.41, 5.74) is 0.944. The fourth-order valence-electron chi connectivity index (χ4n) is 3.90. The smallest absolute Gasteiger partial charge is 0.363 e. The lowest BCUT2D eigenvalue weighted by molar-refractivity contribution is -0.173. The van der Waals surface area contributed by atoms with Crippen LogP contribution in [-0.2, 0) is 0 Å². The van der Waals surface area contributed by atoms with Gasteiger partial charge in [-0.05, 0) is 37.0 Å². The van der Waals surface area contributed by atoms with E-state index in [1.807, 2.05) is 0 Å². The number of benzene rings is 1. The Balaban J connectivity index is 1.70. The van der Waals surface area contributed by atoms with Crippen LogP contribution in [0.1, 0.15) is 53.7 Å². The summed E-state index contributed by atoms with van der Waals surface area (Å²) in [6.07, 6.45) is -0.484. The summed E-state index contributed by atoms with van der Waals surface area (Å²) < 4.78 is 43.0. The molecule has 5 nitrogen and oxygen atoms in total. The fourth-order valence-corrected chi connectivity index (χ4v) is 4.16. The molecule has 9 heteroatoms. The number of aromatic nitrogens is 2. The number of nitrogens with one attached hydrogen (secondary N) is 1. The van der Waals surface area contributed by atoms with Crippen LogP contribution in [0.25, 0.3) is 0 Å². The molecule has 1 fully saturated rings. The molecular formula is C19H20BrF3N4O. The van der Waals surface area contributed by atoms with Gasteiger partial charge in [-0.2, -0.15) is 18.3 Å². The second kappa shape index (κ2) is 7.42. The number of hydrogen-bond donors (Lipinski definition) is 1. The zero-order chi connectivity index (χ0) is 19.9. The Labute approximate surface area is 169 Å². The first-order chi connectivity index (χ1) is 13.3. The Morgan fingerprint density at radius 1 is 1.14 bits per heavy atom. The van der Waals surface area contributed by atoms with Gasteiger partial charge in [-0.3, -0.25) is 4.79 Å². The molecule has 1 saturated heterocycles. The van der Waals surface area contributed by atoms with Gasteiger partial charge in [-0.1, -0.05) is 28.1 Å². The number of carbonyl (C=O) groups is 1. The number of carbonyl (C=O) groups excluding carboxylic acids is 1. The van der Waals surface area contributed by atoms with Crippen molar-refractivity contribution in [3.63, 3.8) is 0 Å². The van der Waals surface area contributed by atoms with E-state index in [0.29, 0.717) is 13.1 Å². The van der Waals surface area contributed by atoms with E-state index >= 15 is 0 Å². The van der Waals surface area contributed by atoms with Gasteiger partial charge in [-0.15, -0.1) is 0 Å².